The number of aliphatic hydroxyl groups is 1. The van der Waals surface area contributed by atoms with Gasteiger partial charge in [0.25, 0.3) is 0 Å². The van der Waals surface area contributed by atoms with Crippen LogP contribution in [-0.2, 0) is 18.4 Å². The number of phosphoric acid groups is 1. The van der Waals surface area contributed by atoms with E-state index in [2.05, 4.69) is 19.2 Å². The van der Waals surface area contributed by atoms with Crippen molar-refractivity contribution in [2.24, 2.45) is 5.73 Å². The number of carbonyl (C=O) groups excluding carboxylic acids is 1. The quantitative estimate of drug-likeness (QED) is 0.0354. The van der Waals surface area contributed by atoms with Crippen LogP contribution < -0.4 is 11.1 Å². The minimum atomic E-state index is -4.31. The molecule has 0 saturated heterocycles. The molecule has 8 nitrogen and oxygen atoms in total. The highest BCUT2D eigenvalue weighted by Gasteiger charge is 2.27. The van der Waals surface area contributed by atoms with Crippen LogP contribution in [0.15, 0.2) is 0 Å². The number of hydrogen-bond acceptors (Lipinski definition) is 6. The zero-order valence-corrected chi connectivity index (χ0v) is 39.7. The van der Waals surface area contributed by atoms with Crippen LogP contribution in [-0.4, -0.2) is 47.8 Å². The molecule has 3 atom stereocenters. The van der Waals surface area contributed by atoms with Crippen molar-refractivity contribution in [1.29, 1.82) is 0 Å². The lowest BCUT2D eigenvalue weighted by Gasteiger charge is -2.25. The molecule has 0 aliphatic rings. The van der Waals surface area contributed by atoms with Crippen molar-refractivity contribution in [1.82, 2.24) is 5.32 Å². The minimum absolute atomic E-state index is 0.0925. The van der Waals surface area contributed by atoms with E-state index in [1.54, 1.807) is 0 Å². The van der Waals surface area contributed by atoms with Gasteiger partial charge in [-0.1, -0.05) is 258 Å². The average molecular weight is 845 g/mol. The first-order chi connectivity index (χ1) is 28.4. The van der Waals surface area contributed by atoms with Crippen LogP contribution in [0.1, 0.15) is 277 Å². The number of nitrogens with two attached hydrogens (primary N) is 1. The van der Waals surface area contributed by atoms with Crippen LogP contribution >= 0.6 is 7.82 Å². The third-order valence-electron chi connectivity index (χ3n) is 12.0. The van der Waals surface area contributed by atoms with Crippen molar-refractivity contribution in [2.75, 3.05) is 19.8 Å². The summed E-state index contributed by atoms with van der Waals surface area (Å²) in [6.07, 6.45) is 51.5. The molecule has 0 aromatic rings. The summed E-state index contributed by atoms with van der Waals surface area (Å²) in [4.78, 5) is 22.8. The van der Waals surface area contributed by atoms with Crippen LogP contribution in [0.3, 0.4) is 0 Å². The van der Waals surface area contributed by atoms with E-state index in [-0.39, 0.29) is 25.7 Å². The molecule has 0 rings (SSSR count). The highest BCUT2D eigenvalue weighted by Crippen LogP contribution is 2.43. The Labute approximate surface area is 361 Å². The number of rotatable bonds is 49. The van der Waals surface area contributed by atoms with Gasteiger partial charge in [0.1, 0.15) is 0 Å². The van der Waals surface area contributed by atoms with Crippen molar-refractivity contribution in [2.45, 2.75) is 289 Å². The van der Waals surface area contributed by atoms with Gasteiger partial charge in [0, 0.05) is 13.0 Å². The Balaban J connectivity index is 3.83. The molecule has 0 fully saturated rings. The third-order valence-corrected chi connectivity index (χ3v) is 12.9. The average Bonchev–Trinajstić information content (AvgIpc) is 3.21. The van der Waals surface area contributed by atoms with E-state index < -0.39 is 20.0 Å². The molecule has 0 aliphatic carbocycles. The molecule has 5 N–H and O–H groups in total. The molecule has 0 aromatic carbocycles. The Bertz CT molecular complexity index is 880. The van der Waals surface area contributed by atoms with Crippen molar-refractivity contribution in [3.8, 4) is 0 Å². The molecular weight excluding hydrogens is 744 g/mol. The lowest BCUT2D eigenvalue weighted by atomic mass is 10.0. The van der Waals surface area contributed by atoms with Crippen LogP contribution in [0.4, 0.5) is 0 Å². The summed E-state index contributed by atoms with van der Waals surface area (Å²) in [6, 6.07) is -0.767. The Kier molecular flexibility index (Phi) is 45.6. The standard InChI is InChI=1S/C49H101N2O6P/c1-3-5-7-9-11-13-15-16-17-18-19-20-21-22-23-24-25-26-27-28-29-30-31-33-35-37-39-41-43-49(53)51-47(46-57-58(54,55)56-45-44-50)48(52)42-40-38-36-34-32-14-12-10-8-6-4-2/h47-48,52H,3-46,50H2,1-2H3,(H,51,53)(H,54,55)/t47-,48+/m0/s1. The zero-order valence-electron chi connectivity index (χ0n) is 38.8. The number of unbranched alkanes of at least 4 members (excludes halogenated alkanes) is 37. The normalized spacial score (nSPS) is 13.8. The first-order valence-electron chi connectivity index (χ1n) is 25.7. The Morgan fingerprint density at radius 2 is 0.793 bits per heavy atom. The van der Waals surface area contributed by atoms with Crippen LogP contribution in [0.25, 0.3) is 0 Å². The van der Waals surface area contributed by atoms with Gasteiger partial charge in [-0.2, -0.15) is 0 Å². The van der Waals surface area contributed by atoms with Crippen molar-refractivity contribution in [3.63, 3.8) is 0 Å². The molecule has 0 radical (unpaired) electrons. The molecule has 0 heterocycles. The molecule has 1 unspecified atom stereocenters. The number of aliphatic hydroxyl groups excluding tert-OH is 1. The van der Waals surface area contributed by atoms with Gasteiger partial charge in [0.15, 0.2) is 0 Å². The van der Waals surface area contributed by atoms with Crippen molar-refractivity contribution >= 4 is 13.7 Å². The van der Waals surface area contributed by atoms with E-state index in [9.17, 15) is 19.4 Å². The van der Waals surface area contributed by atoms with E-state index in [1.165, 1.54) is 212 Å². The summed E-state index contributed by atoms with van der Waals surface area (Å²) in [7, 11) is -4.31. The molecule has 0 saturated carbocycles. The fourth-order valence-electron chi connectivity index (χ4n) is 8.08. The monoisotopic (exact) mass is 845 g/mol. The van der Waals surface area contributed by atoms with Gasteiger partial charge < -0.3 is 21.1 Å². The Morgan fingerprint density at radius 3 is 1.10 bits per heavy atom. The largest absolute Gasteiger partial charge is 0.472 e. The molecular formula is C49H101N2O6P. The Morgan fingerprint density at radius 1 is 0.500 bits per heavy atom. The molecule has 58 heavy (non-hydrogen) atoms. The van der Waals surface area contributed by atoms with Gasteiger partial charge in [-0.3, -0.25) is 13.8 Å². The maximum absolute atomic E-state index is 12.8. The highest BCUT2D eigenvalue weighted by molar-refractivity contribution is 7.47. The van der Waals surface area contributed by atoms with Gasteiger partial charge in [-0.15, -0.1) is 0 Å². The summed E-state index contributed by atoms with van der Waals surface area (Å²) in [5.41, 5.74) is 5.39. The van der Waals surface area contributed by atoms with Gasteiger partial charge in [-0.25, -0.2) is 4.57 Å². The number of hydrogen-bond donors (Lipinski definition) is 4. The van der Waals surface area contributed by atoms with E-state index in [1.807, 2.05) is 0 Å². The molecule has 0 spiro atoms. The van der Waals surface area contributed by atoms with Gasteiger partial charge >= 0.3 is 7.82 Å². The maximum atomic E-state index is 12.8. The van der Waals surface area contributed by atoms with Gasteiger partial charge in [-0.05, 0) is 12.8 Å². The molecule has 9 heteroatoms. The van der Waals surface area contributed by atoms with E-state index >= 15 is 0 Å². The summed E-state index contributed by atoms with van der Waals surface area (Å²) in [5.74, 6) is -0.156. The molecule has 348 valence electrons. The van der Waals surface area contributed by atoms with Gasteiger partial charge in [0.05, 0.1) is 25.4 Å². The first-order valence-corrected chi connectivity index (χ1v) is 27.1. The van der Waals surface area contributed by atoms with Crippen molar-refractivity contribution < 1.29 is 28.4 Å². The minimum Gasteiger partial charge on any atom is -0.391 e. The molecule has 0 aromatic heterocycles. The van der Waals surface area contributed by atoms with Crippen LogP contribution in [0.5, 0.6) is 0 Å². The summed E-state index contributed by atoms with van der Waals surface area (Å²) >= 11 is 0. The van der Waals surface area contributed by atoms with Crippen molar-refractivity contribution in [3.05, 3.63) is 0 Å². The smallest absolute Gasteiger partial charge is 0.391 e. The first kappa shape index (κ1) is 57.5. The predicted octanol–water partition coefficient (Wildman–Crippen LogP) is 15.0. The fourth-order valence-corrected chi connectivity index (χ4v) is 8.84. The van der Waals surface area contributed by atoms with E-state index in [4.69, 9.17) is 14.8 Å². The number of nitrogens with one attached hydrogen (secondary N) is 1. The maximum Gasteiger partial charge on any atom is 0.472 e. The topological polar surface area (TPSA) is 131 Å². The molecule has 1 amide bonds. The SMILES string of the molecule is CCCCCCCCCCCCCCCCCCCCCCCCCCCCCCC(=O)N[C@@H](COP(=O)(O)OCCN)[C@H](O)CCCCCCCCCCCCC. The molecule has 0 aliphatic heterocycles. The summed E-state index contributed by atoms with van der Waals surface area (Å²) in [5, 5.41) is 13.8. The zero-order chi connectivity index (χ0) is 42.5. The number of amides is 1. The third kappa shape index (κ3) is 43.6. The second kappa shape index (κ2) is 46.0. The van der Waals surface area contributed by atoms with E-state index in [0.29, 0.717) is 12.8 Å². The number of phosphoric ester groups is 1. The fraction of sp³-hybridized carbons (Fsp3) is 0.980. The lowest BCUT2D eigenvalue weighted by Crippen LogP contribution is -2.46. The lowest BCUT2D eigenvalue weighted by molar-refractivity contribution is -0.123. The van der Waals surface area contributed by atoms with E-state index in [0.717, 1.165) is 38.5 Å². The predicted molar refractivity (Wildman–Crippen MR) is 249 cm³/mol. The highest BCUT2D eigenvalue weighted by atomic mass is 31.2. The summed E-state index contributed by atoms with van der Waals surface area (Å²) in [6.45, 7) is 4.24. The van der Waals surface area contributed by atoms with Crippen LogP contribution in [0, 0.1) is 0 Å². The van der Waals surface area contributed by atoms with Gasteiger partial charge in [0.2, 0.25) is 5.91 Å². The molecule has 0 bridgehead atoms. The Hall–Kier alpha value is -0.500. The van der Waals surface area contributed by atoms with Crippen LogP contribution in [0.2, 0.25) is 0 Å². The summed E-state index contributed by atoms with van der Waals surface area (Å²) < 4.78 is 22.2. The number of carbonyl (C=O) groups is 1. The second-order valence-corrected chi connectivity index (χ2v) is 19.2. The second-order valence-electron chi connectivity index (χ2n) is 17.7.